The molecular formula is C6H8BrN2P. The van der Waals surface area contributed by atoms with Crippen LogP contribution in [0.3, 0.4) is 0 Å². The lowest BCUT2D eigenvalue weighted by atomic mass is 10.4. The van der Waals surface area contributed by atoms with Gasteiger partial charge >= 0.3 is 0 Å². The number of hydrogen-bond acceptors (Lipinski definition) is 2. The summed E-state index contributed by atoms with van der Waals surface area (Å²) in [4.78, 5) is 4.23. The van der Waals surface area contributed by atoms with E-state index in [1.807, 2.05) is 18.2 Å². The number of halogens is 1. The molecule has 0 radical (unpaired) electrons. The van der Waals surface area contributed by atoms with Crippen molar-refractivity contribution in [1.82, 2.24) is 4.98 Å². The molecule has 0 bridgehead atoms. The lowest BCUT2D eigenvalue weighted by molar-refractivity contribution is 1.19. The predicted molar refractivity (Wildman–Crippen MR) is 50.2 cm³/mol. The van der Waals surface area contributed by atoms with Crippen molar-refractivity contribution >= 4 is 31.1 Å². The maximum Gasteiger partial charge on any atom is 0.129 e. The summed E-state index contributed by atoms with van der Waals surface area (Å²) in [6, 6.07) is 5.86. The highest BCUT2D eigenvalue weighted by Gasteiger charge is 1.91. The van der Waals surface area contributed by atoms with Gasteiger partial charge in [-0.15, -0.1) is 0 Å². The number of anilines is 1. The maximum atomic E-state index is 4.23. The van der Waals surface area contributed by atoms with E-state index in [-0.39, 0.29) is 0 Å². The van der Waals surface area contributed by atoms with Crippen LogP contribution in [0.5, 0.6) is 0 Å². The fraction of sp³-hybridized carbons (Fsp3) is 0.167. The molecule has 0 saturated carbocycles. The largest absolute Gasteiger partial charge is 0.355 e. The Hall–Kier alpha value is -0.140. The standard InChI is InChI=1S/C6H8BrN2P/c7-4-5-2-1-3-6(8-5)9-10/h1-3H,4,10H2,(H,8,9). The molecule has 4 heteroatoms. The molecule has 1 N–H and O–H groups in total. The van der Waals surface area contributed by atoms with Crippen molar-refractivity contribution in [2.45, 2.75) is 5.33 Å². The first kappa shape index (κ1) is 7.96. The Kier molecular flexibility index (Phi) is 3.10. The third kappa shape index (κ3) is 1.93. The summed E-state index contributed by atoms with van der Waals surface area (Å²) in [7, 11) is 2.41. The average Bonchev–Trinajstić information content (AvgIpc) is 2.05. The van der Waals surface area contributed by atoms with Gasteiger partial charge in [-0.25, -0.2) is 4.98 Å². The van der Waals surface area contributed by atoms with Crippen LogP contribution in [0.4, 0.5) is 5.82 Å². The molecule has 0 aliphatic carbocycles. The van der Waals surface area contributed by atoms with E-state index in [0.29, 0.717) is 0 Å². The van der Waals surface area contributed by atoms with E-state index in [9.17, 15) is 0 Å². The zero-order chi connectivity index (χ0) is 7.40. The van der Waals surface area contributed by atoms with E-state index in [0.717, 1.165) is 16.8 Å². The van der Waals surface area contributed by atoms with Gasteiger partial charge in [-0.1, -0.05) is 22.0 Å². The molecule has 0 aromatic carbocycles. The predicted octanol–water partition coefficient (Wildman–Crippen LogP) is 2.18. The van der Waals surface area contributed by atoms with Crippen molar-refractivity contribution in [3.63, 3.8) is 0 Å². The monoisotopic (exact) mass is 218 g/mol. The van der Waals surface area contributed by atoms with Crippen LogP contribution < -0.4 is 5.09 Å². The van der Waals surface area contributed by atoms with Crippen molar-refractivity contribution in [1.29, 1.82) is 0 Å². The van der Waals surface area contributed by atoms with Crippen LogP contribution in [0, 0.1) is 0 Å². The number of aromatic nitrogens is 1. The Bertz CT molecular complexity index is 197. The van der Waals surface area contributed by atoms with Crippen molar-refractivity contribution in [2.24, 2.45) is 0 Å². The minimum Gasteiger partial charge on any atom is -0.355 e. The van der Waals surface area contributed by atoms with E-state index >= 15 is 0 Å². The molecule has 0 aliphatic heterocycles. The van der Waals surface area contributed by atoms with Gasteiger partial charge in [0.15, 0.2) is 0 Å². The van der Waals surface area contributed by atoms with Gasteiger partial charge in [-0.05, 0) is 21.5 Å². The maximum absolute atomic E-state index is 4.23. The first-order valence-electron chi connectivity index (χ1n) is 2.85. The number of pyridine rings is 1. The number of hydrogen-bond donors (Lipinski definition) is 1. The second-order valence-corrected chi connectivity index (χ2v) is 2.64. The highest BCUT2D eigenvalue weighted by Crippen LogP contribution is 2.08. The number of nitrogens with one attached hydrogen (secondary N) is 1. The fourth-order valence-electron chi connectivity index (χ4n) is 0.634. The van der Waals surface area contributed by atoms with E-state index < -0.39 is 0 Å². The Morgan fingerprint density at radius 1 is 1.60 bits per heavy atom. The van der Waals surface area contributed by atoms with E-state index in [1.165, 1.54) is 0 Å². The van der Waals surface area contributed by atoms with Crippen LogP contribution in [-0.4, -0.2) is 4.98 Å². The molecular weight excluding hydrogens is 211 g/mol. The first-order chi connectivity index (χ1) is 4.86. The quantitative estimate of drug-likeness (QED) is 0.609. The smallest absolute Gasteiger partial charge is 0.129 e. The molecule has 1 unspecified atom stereocenters. The molecule has 1 rings (SSSR count). The summed E-state index contributed by atoms with van der Waals surface area (Å²) in [5.41, 5.74) is 1.03. The topological polar surface area (TPSA) is 24.9 Å². The molecule has 2 nitrogen and oxygen atoms in total. The molecule has 10 heavy (non-hydrogen) atoms. The third-order valence-corrected chi connectivity index (χ3v) is 1.96. The summed E-state index contributed by atoms with van der Waals surface area (Å²) in [6.45, 7) is 0. The van der Waals surface area contributed by atoms with Crippen LogP contribution >= 0.6 is 25.3 Å². The molecule has 0 aliphatic rings. The average molecular weight is 219 g/mol. The Labute approximate surface area is 70.8 Å². The van der Waals surface area contributed by atoms with Gasteiger partial charge in [0.2, 0.25) is 0 Å². The summed E-state index contributed by atoms with van der Waals surface area (Å²) >= 11 is 3.32. The van der Waals surface area contributed by atoms with Gasteiger partial charge in [0.1, 0.15) is 5.82 Å². The van der Waals surface area contributed by atoms with Gasteiger partial charge in [-0.3, -0.25) is 0 Å². The Morgan fingerprint density at radius 2 is 2.40 bits per heavy atom. The van der Waals surface area contributed by atoms with Gasteiger partial charge < -0.3 is 5.09 Å². The van der Waals surface area contributed by atoms with Crippen molar-refractivity contribution in [3.8, 4) is 0 Å². The molecule has 0 amide bonds. The normalized spacial score (nSPS) is 9.40. The second-order valence-electron chi connectivity index (χ2n) is 1.79. The molecule has 0 spiro atoms. The van der Waals surface area contributed by atoms with Crippen molar-refractivity contribution in [2.75, 3.05) is 5.09 Å². The molecule has 54 valence electrons. The van der Waals surface area contributed by atoms with Gasteiger partial charge in [0.25, 0.3) is 0 Å². The molecule has 1 atom stereocenters. The van der Waals surface area contributed by atoms with Gasteiger partial charge in [0.05, 0.1) is 5.69 Å². The second kappa shape index (κ2) is 3.89. The van der Waals surface area contributed by atoms with Crippen molar-refractivity contribution in [3.05, 3.63) is 23.9 Å². The van der Waals surface area contributed by atoms with Crippen LogP contribution in [0.1, 0.15) is 5.69 Å². The number of rotatable bonds is 2. The zero-order valence-electron chi connectivity index (χ0n) is 5.34. The molecule has 1 heterocycles. The van der Waals surface area contributed by atoms with E-state index in [2.05, 4.69) is 35.4 Å². The van der Waals surface area contributed by atoms with Gasteiger partial charge in [-0.2, -0.15) is 0 Å². The lowest BCUT2D eigenvalue weighted by Gasteiger charge is -1.98. The van der Waals surface area contributed by atoms with Crippen LogP contribution in [0.15, 0.2) is 18.2 Å². The fourth-order valence-corrected chi connectivity index (χ4v) is 1.11. The zero-order valence-corrected chi connectivity index (χ0v) is 8.08. The van der Waals surface area contributed by atoms with Gasteiger partial charge in [0, 0.05) is 5.33 Å². The van der Waals surface area contributed by atoms with Crippen LogP contribution in [-0.2, 0) is 5.33 Å². The highest BCUT2D eigenvalue weighted by molar-refractivity contribution is 9.08. The molecule has 0 fully saturated rings. The first-order valence-corrected chi connectivity index (χ1v) is 4.55. The van der Waals surface area contributed by atoms with Crippen LogP contribution in [0.2, 0.25) is 0 Å². The lowest BCUT2D eigenvalue weighted by Crippen LogP contribution is -1.88. The Morgan fingerprint density at radius 3 is 3.00 bits per heavy atom. The van der Waals surface area contributed by atoms with E-state index in [4.69, 9.17) is 0 Å². The molecule has 1 aromatic rings. The Balaban J connectivity index is 2.87. The molecule has 1 aromatic heterocycles. The summed E-state index contributed by atoms with van der Waals surface area (Å²) in [6.07, 6.45) is 0. The van der Waals surface area contributed by atoms with Crippen molar-refractivity contribution < 1.29 is 0 Å². The number of alkyl halides is 1. The summed E-state index contributed by atoms with van der Waals surface area (Å²) < 4.78 is 0. The molecule has 0 saturated heterocycles. The minimum atomic E-state index is 0.799. The third-order valence-electron chi connectivity index (χ3n) is 1.09. The SMILES string of the molecule is PNc1cccc(CBr)n1. The van der Waals surface area contributed by atoms with E-state index in [1.54, 1.807) is 0 Å². The number of nitrogens with zero attached hydrogens (tertiary/aromatic N) is 1. The highest BCUT2D eigenvalue weighted by atomic mass is 79.9. The minimum absolute atomic E-state index is 0.799. The van der Waals surface area contributed by atoms with Crippen LogP contribution in [0.25, 0.3) is 0 Å². The summed E-state index contributed by atoms with van der Waals surface area (Å²) in [5.74, 6) is 0.877. The summed E-state index contributed by atoms with van der Waals surface area (Å²) in [5, 5.41) is 3.69.